The molecule has 0 bridgehead atoms. The maximum absolute atomic E-state index is 13.5. The van der Waals surface area contributed by atoms with Crippen molar-refractivity contribution < 1.29 is 23.1 Å². The van der Waals surface area contributed by atoms with Crippen LogP contribution in [0.2, 0.25) is 5.02 Å². The Morgan fingerprint density at radius 1 is 1.12 bits per heavy atom. The van der Waals surface area contributed by atoms with Gasteiger partial charge in [0.15, 0.2) is 17.8 Å². The predicted molar refractivity (Wildman–Crippen MR) is 148 cm³/mol. The number of hydrogen-bond donors (Lipinski definition) is 1. The lowest BCUT2D eigenvalue weighted by atomic mass is 9.92. The number of likely N-dealkylation sites (tertiary alicyclic amines) is 1. The molecule has 10 nitrogen and oxygen atoms in total. The molecule has 1 N–H and O–H groups in total. The topological polar surface area (TPSA) is 111 Å². The van der Waals surface area contributed by atoms with Crippen LogP contribution in [0.3, 0.4) is 0 Å². The molecule has 222 valence electrons. The highest BCUT2D eigenvalue weighted by Gasteiger charge is 2.39. The molecule has 14 heteroatoms. The highest BCUT2D eigenvalue weighted by molar-refractivity contribution is 6.30. The van der Waals surface area contributed by atoms with Gasteiger partial charge < -0.3 is 10.0 Å². The third-order valence-corrected chi connectivity index (χ3v) is 7.62. The van der Waals surface area contributed by atoms with Gasteiger partial charge in [0.2, 0.25) is 0 Å². The van der Waals surface area contributed by atoms with E-state index in [9.17, 15) is 27.9 Å². The van der Waals surface area contributed by atoms with Crippen molar-refractivity contribution in [2.45, 2.75) is 58.1 Å². The van der Waals surface area contributed by atoms with Crippen LogP contribution in [0.5, 0.6) is 0 Å². The molecule has 2 unspecified atom stereocenters. The molecule has 1 fully saturated rings. The number of aromatic nitrogens is 6. The van der Waals surface area contributed by atoms with Crippen molar-refractivity contribution in [3.05, 3.63) is 81.8 Å². The minimum Gasteiger partial charge on any atom is -0.382 e. The van der Waals surface area contributed by atoms with Gasteiger partial charge in [-0.05, 0) is 62.1 Å². The first-order valence-corrected chi connectivity index (χ1v) is 13.8. The van der Waals surface area contributed by atoms with Crippen LogP contribution in [0.1, 0.15) is 42.9 Å². The van der Waals surface area contributed by atoms with Crippen molar-refractivity contribution in [1.29, 1.82) is 0 Å². The summed E-state index contributed by atoms with van der Waals surface area (Å²) in [5, 5.41) is 18.8. The van der Waals surface area contributed by atoms with Crippen LogP contribution >= 0.6 is 11.6 Å². The monoisotopic (exact) mass is 603 g/mol. The Kier molecular flexibility index (Phi) is 8.24. The number of carbonyl (C=O) groups is 1. The van der Waals surface area contributed by atoms with Gasteiger partial charge in [-0.15, -0.1) is 10.2 Å². The number of nitrogens with zero attached hydrogens (tertiary/aromatic N) is 7. The van der Waals surface area contributed by atoms with Crippen LogP contribution in [-0.4, -0.2) is 69.9 Å². The van der Waals surface area contributed by atoms with Crippen LogP contribution < -0.4 is 5.69 Å². The van der Waals surface area contributed by atoms with Crippen LogP contribution in [0.25, 0.3) is 17.1 Å². The Labute approximate surface area is 244 Å². The maximum atomic E-state index is 13.5. The predicted octanol–water partition coefficient (Wildman–Crippen LogP) is 4.18. The van der Waals surface area contributed by atoms with Crippen LogP contribution in [-0.2, 0) is 13.1 Å². The fraction of sp³-hybridized carbons (Fsp3) is 0.393. The van der Waals surface area contributed by atoms with E-state index in [1.54, 1.807) is 24.3 Å². The number of aliphatic hydroxyl groups is 1. The average Bonchev–Trinajstić information content (AvgIpc) is 3.53. The largest absolute Gasteiger partial charge is 0.416 e. The number of hydrogen-bond acceptors (Lipinski definition) is 6. The molecule has 42 heavy (non-hydrogen) atoms. The smallest absolute Gasteiger partial charge is 0.382 e. The third kappa shape index (κ3) is 6.12. The third-order valence-electron chi connectivity index (χ3n) is 7.37. The average molecular weight is 604 g/mol. The summed E-state index contributed by atoms with van der Waals surface area (Å²) in [6, 6.07) is 13.1. The molecule has 0 radical (unpaired) electrons. The van der Waals surface area contributed by atoms with Crippen molar-refractivity contribution >= 4 is 17.5 Å². The molecule has 5 rings (SSSR count). The zero-order valence-corrected chi connectivity index (χ0v) is 23.6. The molecule has 3 heterocycles. The summed E-state index contributed by atoms with van der Waals surface area (Å²) in [5.41, 5.74) is 0.392. The maximum Gasteiger partial charge on any atom is 0.416 e. The van der Waals surface area contributed by atoms with Crippen LogP contribution in [0.15, 0.2) is 59.7 Å². The highest BCUT2D eigenvalue weighted by atomic mass is 35.5. The summed E-state index contributed by atoms with van der Waals surface area (Å²) < 4.78 is 42.6. The SMILES string of the molecule is CC1CCN(C(=O)c2ccccc2-n2cnc(Cn3nc(-c4ccc(Cl)cc4)n(C[C@H](O)C(F)(F)F)c3=O)n2)C(C)C1. The lowest BCUT2D eigenvalue weighted by Crippen LogP contribution is -2.44. The van der Waals surface area contributed by atoms with E-state index < -0.39 is 24.5 Å². The van der Waals surface area contributed by atoms with Gasteiger partial charge in [-0.25, -0.2) is 19.1 Å². The van der Waals surface area contributed by atoms with Gasteiger partial charge in [0, 0.05) is 23.2 Å². The Hall–Kier alpha value is -3.97. The quantitative estimate of drug-likeness (QED) is 0.339. The lowest BCUT2D eigenvalue weighted by molar-refractivity contribution is -0.207. The summed E-state index contributed by atoms with van der Waals surface area (Å²) in [4.78, 5) is 32.8. The first-order valence-electron chi connectivity index (χ1n) is 13.4. The second-order valence-electron chi connectivity index (χ2n) is 10.5. The van der Waals surface area contributed by atoms with Crippen LogP contribution in [0, 0.1) is 5.92 Å². The number of alkyl halides is 3. The van der Waals surface area contributed by atoms with E-state index in [4.69, 9.17) is 11.6 Å². The summed E-state index contributed by atoms with van der Waals surface area (Å²) in [6.45, 7) is 3.55. The van der Waals surface area contributed by atoms with E-state index >= 15 is 0 Å². The molecule has 0 saturated carbocycles. The summed E-state index contributed by atoms with van der Waals surface area (Å²) in [7, 11) is 0. The van der Waals surface area contributed by atoms with E-state index in [1.165, 1.54) is 35.3 Å². The molecule has 1 aliphatic heterocycles. The van der Waals surface area contributed by atoms with E-state index in [2.05, 4.69) is 22.1 Å². The molecule has 3 atom stereocenters. The molecule has 2 aromatic carbocycles. The standard InChI is InChI=1S/C28H29ClF3N7O3/c1-17-11-12-36(18(2)13-17)26(41)21-5-3-4-6-22(21)39-16-33-24(34-39)15-38-27(42)37(14-23(40)28(30,31)32)25(35-38)19-7-9-20(29)10-8-19/h3-10,16-18,23,40H,11-15H2,1-2H3/t17?,18?,23-/m0/s1. The number of piperidine rings is 1. The molecule has 4 aromatic rings. The molecule has 0 spiro atoms. The van der Waals surface area contributed by atoms with Gasteiger partial charge in [0.25, 0.3) is 5.91 Å². The van der Waals surface area contributed by atoms with Gasteiger partial charge in [0.05, 0.1) is 17.8 Å². The van der Waals surface area contributed by atoms with Crippen molar-refractivity contribution in [3.63, 3.8) is 0 Å². The van der Waals surface area contributed by atoms with Gasteiger partial charge in [0.1, 0.15) is 12.9 Å². The van der Waals surface area contributed by atoms with Gasteiger partial charge in [-0.1, -0.05) is 30.7 Å². The van der Waals surface area contributed by atoms with Crippen molar-refractivity contribution in [1.82, 2.24) is 34.0 Å². The fourth-order valence-electron chi connectivity index (χ4n) is 5.14. The summed E-state index contributed by atoms with van der Waals surface area (Å²) in [6.07, 6.45) is -4.48. The van der Waals surface area contributed by atoms with E-state index in [0.29, 0.717) is 34.3 Å². The number of halogens is 4. The van der Waals surface area contributed by atoms with Crippen molar-refractivity contribution in [2.75, 3.05) is 6.54 Å². The van der Waals surface area contributed by atoms with Crippen molar-refractivity contribution in [2.24, 2.45) is 5.92 Å². The molecule has 1 amide bonds. The van der Waals surface area contributed by atoms with Gasteiger partial charge >= 0.3 is 11.9 Å². The number of rotatable bonds is 7. The zero-order chi connectivity index (χ0) is 30.2. The van der Waals surface area contributed by atoms with E-state index in [1.807, 2.05) is 11.8 Å². The fourth-order valence-corrected chi connectivity index (χ4v) is 5.26. The molecule has 2 aromatic heterocycles. The minimum absolute atomic E-state index is 0.0830. The second-order valence-corrected chi connectivity index (χ2v) is 11.0. The summed E-state index contributed by atoms with van der Waals surface area (Å²) >= 11 is 5.94. The number of para-hydroxylation sites is 1. The molecule has 1 aliphatic rings. The second kappa shape index (κ2) is 11.7. The first kappa shape index (κ1) is 29.5. The molecular formula is C28H29ClF3N7O3. The van der Waals surface area contributed by atoms with E-state index in [-0.39, 0.29) is 30.1 Å². The minimum atomic E-state index is -4.94. The highest BCUT2D eigenvalue weighted by Crippen LogP contribution is 2.26. The normalized spacial score (nSPS) is 18.3. The van der Waals surface area contributed by atoms with E-state index in [0.717, 1.165) is 22.1 Å². The summed E-state index contributed by atoms with van der Waals surface area (Å²) in [5.74, 6) is 0.484. The van der Waals surface area contributed by atoms with Crippen LogP contribution in [0.4, 0.5) is 13.2 Å². The zero-order valence-electron chi connectivity index (χ0n) is 22.9. The Balaban J connectivity index is 1.45. The molecular weight excluding hydrogens is 575 g/mol. The number of benzene rings is 2. The number of carbonyl (C=O) groups excluding carboxylic acids is 1. The Morgan fingerprint density at radius 3 is 2.52 bits per heavy atom. The Bertz CT molecular complexity index is 1630. The van der Waals surface area contributed by atoms with Crippen molar-refractivity contribution in [3.8, 4) is 17.1 Å². The number of amides is 1. The number of aliphatic hydroxyl groups excluding tert-OH is 1. The lowest BCUT2D eigenvalue weighted by Gasteiger charge is -2.36. The molecule has 1 saturated heterocycles. The molecule has 0 aliphatic carbocycles. The van der Waals surface area contributed by atoms with Gasteiger partial charge in [-0.2, -0.15) is 13.2 Å². The Morgan fingerprint density at radius 2 is 1.83 bits per heavy atom. The first-order chi connectivity index (χ1) is 19.9. The van der Waals surface area contributed by atoms with Gasteiger partial charge in [-0.3, -0.25) is 9.36 Å².